The highest BCUT2D eigenvalue weighted by molar-refractivity contribution is 9.11. The van der Waals surface area contributed by atoms with Crippen molar-refractivity contribution in [3.63, 3.8) is 0 Å². The summed E-state index contributed by atoms with van der Waals surface area (Å²) in [6.45, 7) is 1.98. The highest BCUT2D eigenvalue weighted by Crippen LogP contribution is 2.23. The molecule has 0 saturated heterocycles. The van der Waals surface area contributed by atoms with Gasteiger partial charge in [0.05, 0.1) is 11.6 Å². The first-order valence-corrected chi connectivity index (χ1v) is 7.89. The van der Waals surface area contributed by atoms with Gasteiger partial charge in [0.2, 0.25) is 0 Å². The second-order valence-corrected chi connectivity index (χ2v) is 6.43. The third kappa shape index (κ3) is 3.22. The molecule has 2 rings (SSSR count). The van der Waals surface area contributed by atoms with Crippen LogP contribution in [-0.2, 0) is 0 Å². The Labute approximate surface area is 127 Å². The lowest BCUT2D eigenvalue weighted by molar-refractivity contribution is 0.0939. The van der Waals surface area contributed by atoms with Crippen molar-refractivity contribution in [2.75, 3.05) is 0 Å². The minimum atomic E-state index is -0.0759. The van der Waals surface area contributed by atoms with Gasteiger partial charge in [0.15, 0.2) is 0 Å². The minimum Gasteiger partial charge on any atom is -0.345 e. The number of amides is 1. The first-order valence-electron chi connectivity index (χ1n) is 5.36. The van der Waals surface area contributed by atoms with E-state index in [-0.39, 0.29) is 11.9 Å². The van der Waals surface area contributed by atoms with Gasteiger partial charge >= 0.3 is 0 Å². The maximum atomic E-state index is 12.1. The van der Waals surface area contributed by atoms with E-state index >= 15 is 0 Å². The number of carbonyl (C=O) groups is 1. The first kappa shape index (κ1) is 13.8. The van der Waals surface area contributed by atoms with E-state index in [4.69, 9.17) is 0 Å². The average molecular weight is 389 g/mol. The molecule has 0 aliphatic carbocycles. The molecule has 0 aliphatic rings. The Bertz CT molecular complexity index is 554. The summed E-state index contributed by atoms with van der Waals surface area (Å²) in [5.74, 6) is -0.0759. The molecule has 1 amide bonds. The lowest BCUT2D eigenvalue weighted by Crippen LogP contribution is -2.26. The molecular formula is C13H11Br2NOS. The van der Waals surface area contributed by atoms with Crippen molar-refractivity contribution in [1.82, 2.24) is 5.32 Å². The Morgan fingerprint density at radius 1 is 1.33 bits per heavy atom. The zero-order chi connectivity index (χ0) is 13.1. The van der Waals surface area contributed by atoms with E-state index in [0.717, 1.165) is 14.5 Å². The minimum absolute atomic E-state index is 0.0132. The Morgan fingerprint density at radius 3 is 2.72 bits per heavy atom. The molecule has 1 aromatic heterocycles. The molecule has 1 unspecified atom stereocenters. The largest absolute Gasteiger partial charge is 0.345 e. The van der Waals surface area contributed by atoms with E-state index in [2.05, 4.69) is 37.2 Å². The number of carbonyl (C=O) groups excluding carboxylic acids is 1. The van der Waals surface area contributed by atoms with Crippen LogP contribution in [0.3, 0.4) is 0 Å². The number of hydrogen-bond donors (Lipinski definition) is 1. The molecule has 0 saturated carbocycles. The molecule has 1 N–H and O–H groups in total. The van der Waals surface area contributed by atoms with E-state index in [1.54, 1.807) is 17.4 Å². The molecule has 1 atom stereocenters. The Balaban J connectivity index is 2.12. The molecule has 0 aliphatic heterocycles. The molecule has 94 valence electrons. The van der Waals surface area contributed by atoms with Gasteiger partial charge < -0.3 is 5.32 Å². The fourth-order valence-corrected chi connectivity index (χ4v) is 3.53. The van der Waals surface area contributed by atoms with Crippen LogP contribution in [0.25, 0.3) is 0 Å². The molecule has 2 nitrogen and oxygen atoms in total. The van der Waals surface area contributed by atoms with Gasteiger partial charge in [-0.1, -0.05) is 15.9 Å². The van der Waals surface area contributed by atoms with Crippen molar-refractivity contribution in [2.45, 2.75) is 13.0 Å². The quantitative estimate of drug-likeness (QED) is 0.806. The molecule has 0 fully saturated rings. The molecule has 18 heavy (non-hydrogen) atoms. The Hall–Kier alpha value is -0.650. The van der Waals surface area contributed by atoms with Crippen LogP contribution in [0.2, 0.25) is 0 Å². The summed E-state index contributed by atoms with van der Waals surface area (Å²) < 4.78 is 1.73. The van der Waals surface area contributed by atoms with Gasteiger partial charge in [-0.3, -0.25) is 4.79 Å². The van der Waals surface area contributed by atoms with Crippen LogP contribution in [0.5, 0.6) is 0 Å². The van der Waals surface area contributed by atoms with E-state index in [1.807, 2.05) is 35.9 Å². The first-order chi connectivity index (χ1) is 8.58. The molecule has 0 bridgehead atoms. The molecular weight excluding hydrogens is 378 g/mol. The zero-order valence-corrected chi connectivity index (χ0v) is 13.6. The third-order valence-electron chi connectivity index (χ3n) is 2.57. The SMILES string of the molecule is CC(NC(=O)c1ccc(Br)cc1Br)c1ccsc1. The van der Waals surface area contributed by atoms with Crippen LogP contribution >= 0.6 is 43.2 Å². The summed E-state index contributed by atoms with van der Waals surface area (Å²) >= 11 is 8.39. The highest BCUT2D eigenvalue weighted by atomic mass is 79.9. The maximum Gasteiger partial charge on any atom is 0.252 e. The summed E-state index contributed by atoms with van der Waals surface area (Å²) in [4.78, 5) is 12.1. The zero-order valence-electron chi connectivity index (χ0n) is 9.61. The maximum absolute atomic E-state index is 12.1. The van der Waals surface area contributed by atoms with Crippen LogP contribution < -0.4 is 5.32 Å². The third-order valence-corrected chi connectivity index (χ3v) is 4.42. The van der Waals surface area contributed by atoms with E-state index in [0.29, 0.717) is 5.56 Å². The van der Waals surface area contributed by atoms with Crippen LogP contribution in [0.4, 0.5) is 0 Å². The van der Waals surface area contributed by atoms with Gasteiger partial charge in [0, 0.05) is 8.95 Å². The normalized spacial score (nSPS) is 12.2. The second-order valence-electron chi connectivity index (χ2n) is 3.88. The highest BCUT2D eigenvalue weighted by Gasteiger charge is 2.14. The van der Waals surface area contributed by atoms with Crippen molar-refractivity contribution in [3.8, 4) is 0 Å². The number of hydrogen-bond acceptors (Lipinski definition) is 2. The van der Waals surface area contributed by atoms with Gasteiger partial charge in [-0.15, -0.1) is 0 Å². The molecule has 0 radical (unpaired) electrons. The van der Waals surface area contributed by atoms with Gasteiger partial charge in [0.25, 0.3) is 5.91 Å². The molecule has 1 heterocycles. The van der Waals surface area contributed by atoms with Crippen molar-refractivity contribution in [2.24, 2.45) is 0 Å². The van der Waals surface area contributed by atoms with Gasteiger partial charge in [0.1, 0.15) is 0 Å². The number of rotatable bonds is 3. The lowest BCUT2D eigenvalue weighted by atomic mass is 10.1. The van der Waals surface area contributed by atoms with Crippen LogP contribution in [-0.4, -0.2) is 5.91 Å². The molecule has 1 aromatic carbocycles. The monoisotopic (exact) mass is 387 g/mol. The van der Waals surface area contributed by atoms with Crippen molar-refractivity contribution >= 4 is 49.1 Å². The van der Waals surface area contributed by atoms with Crippen molar-refractivity contribution in [3.05, 3.63) is 55.1 Å². The predicted molar refractivity (Wildman–Crippen MR) is 82.0 cm³/mol. The fraction of sp³-hybridized carbons (Fsp3) is 0.154. The summed E-state index contributed by atoms with van der Waals surface area (Å²) in [6, 6.07) is 7.55. The number of nitrogens with one attached hydrogen (secondary N) is 1. The van der Waals surface area contributed by atoms with Crippen molar-refractivity contribution < 1.29 is 4.79 Å². The topological polar surface area (TPSA) is 29.1 Å². The fourth-order valence-electron chi connectivity index (χ4n) is 1.55. The molecule has 2 aromatic rings. The number of halogens is 2. The van der Waals surface area contributed by atoms with Gasteiger partial charge in [-0.05, 0) is 63.4 Å². The molecule has 0 spiro atoms. The second kappa shape index (κ2) is 5.99. The summed E-state index contributed by atoms with van der Waals surface area (Å²) in [6.07, 6.45) is 0. The summed E-state index contributed by atoms with van der Waals surface area (Å²) in [5.41, 5.74) is 1.77. The Morgan fingerprint density at radius 2 is 2.11 bits per heavy atom. The summed E-state index contributed by atoms with van der Waals surface area (Å²) in [5, 5.41) is 7.03. The lowest BCUT2D eigenvalue weighted by Gasteiger charge is -2.13. The number of thiophene rings is 1. The van der Waals surface area contributed by atoms with E-state index < -0.39 is 0 Å². The summed E-state index contributed by atoms with van der Waals surface area (Å²) in [7, 11) is 0. The Kier molecular flexibility index (Phi) is 4.59. The van der Waals surface area contributed by atoms with Crippen molar-refractivity contribution in [1.29, 1.82) is 0 Å². The van der Waals surface area contributed by atoms with E-state index in [9.17, 15) is 4.79 Å². The number of benzene rings is 1. The van der Waals surface area contributed by atoms with Crippen LogP contribution in [0.15, 0.2) is 44.0 Å². The standard InChI is InChI=1S/C13H11Br2NOS/c1-8(9-4-5-18-7-9)16-13(17)11-3-2-10(14)6-12(11)15/h2-8H,1H3,(H,16,17). The van der Waals surface area contributed by atoms with Crippen LogP contribution in [0, 0.1) is 0 Å². The predicted octanol–water partition coefficient (Wildman–Crippen LogP) is 4.76. The van der Waals surface area contributed by atoms with E-state index in [1.165, 1.54) is 0 Å². The smallest absolute Gasteiger partial charge is 0.252 e. The van der Waals surface area contributed by atoms with Gasteiger partial charge in [-0.25, -0.2) is 0 Å². The van der Waals surface area contributed by atoms with Gasteiger partial charge in [-0.2, -0.15) is 11.3 Å². The average Bonchev–Trinajstić information content (AvgIpc) is 2.81. The molecule has 5 heteroatoms. The van der Waals surface area contributed by atoms with Crippen LogP contribution in [0.1, 0.15) is 28.9 Å².